The molecule has 0 saturated carbocycles. The lowest BCUT2D eigenvalue weighted by atomic mass is 9.80. The zero-order chi connectivity index (χ0) is 29.4. The highest BCUT2D eigenvalue weighted by molar-refractivity contribution is 6.20. The van der Waals surface area contributed by atoms with Crippen molar-refractivity contribution < 1.29 is 0 Å². The Morgan fingerprint density at radius 3 is 2.20 bits per heavy atom. The van der Waals surface area contributed by atoms with Gasteiger partial charge in [-0.2, -0.15) is 4.99 Å². The summed E-state index contributed by atoms with van der Waals surface area (Å²) in [7, 11) is 0. The molecule has 1 N–H and O–H groups in total. The minimum atomic E-state index is -0.270. The van der Waals surface area contributed by atoms with E-state index in [2.05, 4.69) is 133 Å². The third-order valence-electron chi connectivity index (χ3n) is 9.42. The Balaban J connectivity index is 1.33. The SMILES string of the molecule is CC1(C)c2ccccc2-c2ccc3cc4c5ccccc5n(C5=NC(c6ccccc6)=NC(c6ccccc6)N5)c4cc3c21. The Hall–Kier alpha value is -5.48. The molecule has 0 spiro atoms. The maximum absolute atomic E-state index is 5.20. The van der Waals surface area contributed by atoms with E-state index in [1.54, 1.807) is 0 Å². The van der Waals surface area contributed by atoms with Gasteiger partial charge in [0.1, 0.15) is 6.17 Å². The first kappa shape index (κ1) is 25.1. The Morgan fingerprint density at radius 1 is 0.636 bits per heavy atom. The van der Waals surface area contributed by atoms with E-state index in [-0.39, 0.29) is 11.6 Å². The summed E-state index contributed by atoms with van der Waals surface area (Å²) in [4.78, 5) is 10.3. The minimum absolute atomic E-state index is 0.109. The van der Waals surface area contributed by atoms with Gasteiger partial charge in [-0.3, -0.25) is 4.57 Å². The summed E-state index contributed by atoms with van der Waals surface area (Å²) in [5, 5.41) is 8.67. The molecule has 4 heteroatoms. The lowest BCUT2D eigenvalue weighted by Crippen LogP contribution is -2.37. The van der Waals surface area contributed by atoms with E-state index in [9.17, 15) is 0 Å². The number of hydrogen-bond donors (Lipinski definition) is 1. The monoisotopic (exact) mass is 566 g/mol. The van der Waals surface area contributed by atoms with Crippen molar-refractivity contribution in [1.82, 2.24) is 9.88 Å². The molecule has 4 nitrogen and oxygen atoms in total. The van der Waals surface area contributed by atoms with Crippen LogP contribution in [-0.4, -0.2) is 16.4 Å². The first-order chi connectivity index (χ1) is 21.6. The molecule has 1 unspecified atom stereocenters. The summed E-state index contributed by atoms with van der Waals surface area (Å²) in [6.07, 6.45) is -0.270. The van der Waals surface area contributed by atoms with E-state index in [0.29, 0.717) is 0 Å². The van der Waals surface area contributed by atoms with Crippen molar-refractivity contribution >= 4 is 44.4 Å². The molecular weight excluding hydrogens is 536 g/mol. The van der Waals surface area contributed by atoms with E-state index in [0.717, 1.165) is 34.0 Å². The molecule has 1 aliphatic heterocycles. The number of nitrogens with zero attached hydrogens (tertiary/aromatic N) is 3. The molecule has 1 atom stereocenters. The van der Waals surface area contributed by atoms with E-state index >= 15 is 0 Å². The molecule has 7 aromatic rings. The summed E-state index contributed by atoms with van der Waals surface area (Å²) in [6, 6.07) is 47.6. The van der Waals surface area contributed by atoms with E-state index in [1.807, 2.05) is 24.3 Å². The molecule has 1 aliphatic carbocycles. The largest absolute Gasteiger partial charge is 0.330 e. The van der Waals surface area contributed by atoms with Gasteiger partial charge >= 0.3 is 0 Å². The number of benzene rings is 6. The fourth-order valence-electron chi connectivity index (χ4n) is 7.38. The molecule has 9 rings (SSSR count). The van der Waals surface area contributed by atoms with Gasteiger partial charge in [-0.25, -0.2) is 4.99 Å². The lowest BCUT2D eigenvalue weighted by Gasteiger charge is -2.25. The molecule has 0 radical (unpaired) electrons. The highest BCUT2D eigenvalue weighted by atomic mass is 15.3. The fourth-order valence-corrected chi connectivity index (χ4v) is 7.38. The number of rotatable bonds is 2. The summed E-state index contributed by atoms with van der Waals surface area (Å²) >= 11 is 0. The molecule has 210 valence electrons. The molecule has 2 heterocycles. The maximum Gasteiger partial charge on any atom is 0.211 e. The molecule has 0 amide bonds. The molecule has 0 fully saturated rings. The van der Waals surface area contributed by atoms with Gasteiger partial charge in [0.15, 0.2) is 5.84 Å². The molecule has 0 bridgehead atoms. The van der Waals surface area contributed by atoms with Crippen LogP contribution in [-0.2, 0) is 5.41 Å². The zero-order valence-corrected chi connectivity index (χ0v) is 24.6. The van der Waals surface area contributed by atoms with Crippen LogP contribution in [0.5, 0.6) is 0 Å². The molecule has 1 aromatic heterocycles. The van der Waals surface area contributed by atoms with Crippen LogP contribution in [0, 0.1) is 0 Å². The number of hydrogen-bond acceptors (Lipinski definition) is 3. The Bertz CT molecular complexity index is 2330. The number of aromatic nitrogens is 1. The van der Waals surface area contributed by atoms with Crippen molar-refractivity contribution in [3.63, 3.8) is 0 Å². The van der Waals surface area contributed by atoms with Gasteiger partial charge in [0, 0.05) is 21.8 Å². The van der Waals surface area contributed by atoms with Crippen molar-refractivity contribution in [1.29, 1.82) is 0 Å². The minimum Gasteiger partial charge on any atom is -0.330 e. The van der Waals surface area contributed by atoms with Crippen LogP contribution < -0.4 is 5.32 Å². The predicted molar refractivity (Wildman–Crippen MR) is 183 cm³/mol. The van der Waals surface area contributed by atoms with Crippen molar-refractivity contribution in [2.45, 2.75) is 25.4 Å². The molecule has 6 aromatic carbocycles. The topological polar surface area (TPSA) is 41.7 Å². The summed E-state index contributed by atoms with van der Waals surface area (Å²) < 4.78 is 2.30. The third kappa shape index (κ3) is 3.58. The van der Waals surface area contributed by atoms with E-state index in [4.69, 9.17) is 9.98 Å². The first-order valence-electron chi connectivity index (χ1n) is 15.2. The normalized spacial score (nSPS) is 16.8. The van der Waals surface area contributed by atoms with Crippen LogP contribution in [0.15, 0.2) is 143 Å². The van der Waals surface area contributed by atoms with Crippen LogP contribution in [0.3, 0.4) is 0 Å². The van der Waals surface area contributed by atoms with E-state index in [1.165, 1.54) is 43.8 Å². The van der Waals surface area contributed by atoms with Crippen molar-refractivity contribution in [2.24, 2.45) is 9.98 Å². The average molecular weight is 567 g/mol. The second-order valence-electron chi connectivity index (χ2n) is 12.3. The Labute approximate surface area is 256 Å². The zero-order valence-electron chi connectivity index (χ0n) is 24.6. The van der Waals surface area contributed by atoms with Crippen LogP contribution in [0.2, 0.25) is 0 Å². The maximum atomic E-state index is 5.20. The number of para-hydroxylation sites is 1. The number of nitrogens with one attached hydrogen (secondary N) is 1. The summed E-state index contributed by atoms with van der Waals surface area (Å²) in [6.45, 7) is 4.72. The molecule has 2 aliphatic rings. The highest BCUT2D eigenvalue weighted by Gasteiger charge is 2.37. The standard InChI is InChI=1S/C40H30N4/c1-40(2)33-19-11-9-17-28(33)30-22-21-27-23-32-29-18-10-12-20-34(29)44(35(32)24-31(27)36(30)40)39-42-37(25-13-5-3-6-14-25)41-38(43-39)26-15-7-4-8-16-26/h3-24,37H,1-2H3,(H,41,42,43). The van der Waals surface area contributed by atoms with Crippen LogP contribution in [0.4, 0.5) is 0 Å². The van der Waals surface area contributed by atoms with Gasteiger partial charge in [0.2, 0.25) is 5.96 Å². The third-order valence-corrected chi connectivity index (χ3v) is 9.42. The Kier molecular flexibility index (Phi) is 5.27. The second-order valence-corrected chi connectivity index (χ2v) is 12.3. The molecule has 0 saturated heterocycles. The Morgan fingerprint density at radius 2 is 1.36 bits per heavy atom. The summed E-state index contributed by atoms with van der Waals surface area (Å²) in [5.74, 6) is 1.49. The predicted octanol–water partition coefficient (Wildman–Crippen LogP) is 9.21. The quantitative estimate of drug-likeness (QED) is 0.223. The second kappa shape index (κ2) is 9.26. The van der Waals surface area contributed by atoms with Gasteiger partial charge in [-0.1, -0.05) is 129 Å². The average Bonchev–Trinajstić information content (AvgIpc) is 3.52. The van der Waals surface area contributed by atoms with Crippen LogP contribution >= 0.6 is 0 Å². The van der Waals surface area contributed by atoms with Gasteiger partial charge in [0.25, 0.3) is 0 Å². The number of amidine groups is 1. The van der Waals surface area contributed by atoms with Crippen LogP contribution in [0.1, 0.15) is 42.3 Å². The van der Waals surface area contributed by atoms with Crippen molar-refractivity contribution in [3.8, 4) is 11.1 Å². The number of fused-ring (bicyclic) bond motifs is 8. The van der Waals surface area contributed by atoms with Gasteiger partial charge < -0.3 is 5.32 Å². The molecular formula is C40H30N4. The van der Waals surface area contributed by atoms with Crippen molar-refractivity contribution in [2.75, 3.05) is 0 Å². The van der Waals surface area contributed by atoms with Gasteiger partial charge in [0.05, 0.1) is 11.0 Å². The van der Waals surface area contributed by atoms with Gasteiger partial charge in [-0.15, -0.1) is 0 Å². The summed E-state index contributed by atoms with van der Waals surface area (Å²) in [5.41, 5.74) is 9.67. The van der Waals surface area contributed by atoms with E-state index < -0.39 is 0 Å². The fraction of sp³-hybridized carbons (Fsp3) is 0.100. The van der Waals surface area contributed by atoms with Crippen molar-refractivity contribution in [3.05, 3.63) is 156 Å². The smallest absolute Gasteiger partial charge is 0.211 e. The first-order valence-corrected chi connectivity index (χ1v) is 15.2. The highest BCUT2D eigenvalue weighted by Crippen LogP contribution is 2.51. The molecule has 44 heavy (non-hydrogen) atoms. The van der Waals surface area contributed by atoms with Gasteiger partial charge in [-0.05, 0) is 56.8 Å². The van der Waals surface area contributed by atoms with Crippen LogP contribution in [0.25, 0.3) is 43.7 Å². The number of aliphatic imine (C=N–C) groups is 2. The lowest BCUT2D eigenvalue weighted by molar-refractivity contribution is 0.661.